The summed E-state index contributed by atoms with van der Waals surface area (Å²) in [6.45, 7) is 1.11. The van der Waals surface area contributed by atoms with Gasteiger partial charge in [-0.1, -0.05) is 0 Å². The summed E-state index contributed by atoms with van der Waals surface area (Å²) in [5.41, 5.74) is -1.80. The number of amides is 2. The Balaban J connectivity index is 1.20. The van der Waals surface area contributed by atoms with E-state index in [1.807, 2.05) is 0 Å². The highest BCUT2D eigenvalue weighted by atomic mass is 19.3. The van der Waals surface area contributed by atoms with Gasteiger partial charge in [0.05, 0.1) is 19.0 Å². The number of carbonyl (C=O) groups excluding carboxylic acids is 2. The molecule has 1 aliphatic heterocycles. The van der Waals surface area contributed by atoms with Gasteiger partial charge in [0, 0.05) is 42.6 Å². The Kier molecular flexibility index (Phi) is 6.65. The van der Waals surface area contributed by atoms with Crippen molar-refractivity contribution in [1.29, 1.82) is 0 Å². The first kappa shape index (κ1) is 26.5. The molecular formula is C26H32F3N5O4. The van der Waals surface area contributed by atoms with E-state index in [-0.39, 0.29) is 59.4 Å². The molecular weight excluding hydrogens is 503 g/mol. The number of nitrogens with one attached hydrogen (secondary N) is 2. The normalized spacial score (nSPS) is 26.7. The fourth-order valence-electron chi connectivity index (χ4n) is 5.79. The summed E-state index contributed by atoms with van der Waals surface area (Å²) in [6, 6.07) is 2.65. The number of hydrogen-bond donors (Lipinski definition) is 3. The van der Waals surface area contributed by atoms with Gasteiger partial charge in [-0.2, -0.15) is 5.10 Å². The van der Waals surface area contributed by atoms with E-state index in [1.165, 1.54) is 19.2 Å². The first-order valence-corrected chi connectivity index (χ1v) is 12.9. The van der Waals surface area contributed by atoms with Crippen LogP contribution in [0.3, 0.4) is 0 Å². The number of alkyl halides is 2. The molecule has 0 unspecified atom stereocenters. The van der Waals surface area contributed by atoms with Gasteiger partial charge in [-0.25, -0.2) is 18.2 Å². The first-order chi connectivity index (χ1) is 17.9. The molecule has 0 bridgehead atoms. The Hall–Kier alpha value is -3.15. The lowest BCUT2D eigenvalue weighted by atomic mass is 9.78. The van der Waals surface area contributed by atoms with Gasteiger partial charge in [-0.3, -0.25) is 14.7 Å². The molecule has 2 saturated carbocycles. The molecule has 38 heavy (non-hydrogen) atoms. The van der Waals surface area contributed by atoms with E-state index in [9.17, 15) is 27.9 Å². The number of carbonyl (C=O) groups is 2. The molecule has 3 heterocycles. The predicted octanol–water partition coefficient (Wildman–Crippen LogP) is 3.45. The SMILES string of the molecule is COc1cc(-c2cc(C(=O)N3CC[C@H](C(=O)NC4CCC(O)(C(C)(F)F)CC4)CC34CC4)[nH]n2)c(F)cn1. The Morgan fingerprint density at radius 3 is 2.55 bits per heavy atom. The van der Waals surface area contributed by atoms with Crippen LogP contribution in [0.2, 0.25) is 0 Å². The van der Waals surface area contributed by atoms with Gasteiger partial charge < -0.3 is 20.1 Å². The number of likely N-dealkylation sites (tertiary alicyclic amines) is 1. The molecule has 3 fully saturated rings. The summed E-state index contributed by atoms with van der Waals surface area (Å²) >= 11 is 0. The van der Waals surface area contributed by atoms with Crippen molar-refractivity contribution in [2.45, 2.75) is 81.4 Å². The van der Waals surface area contributed by atoms with Crippen LogP contribution in [0.25, 0.3) is 11.3 Å². The second-order valence-electron chi connectivity index (χ2n) is 10.9. The van der Waals surface area contributed by atoms with Crippen LogP contribution >= 0.6 is 0 Å². The number of hydrogen-bond acceptors (Lipinski definition) is 6. The van der Waals surface area contributed by atoms with Crippen molar-refractivity contribution >= 4 is 11.8 Å². The van der Waals surface area contributed by atoms with Crippen molar-refractivity contribution in [3.05, 3.63) is 29.8 Å². The largest absolute Gasteiger partial charge is 0.481 e. The molecule has 2 amide bonds. The molecule has 2 aromatic rings. The lowest BCUT2D eigenvalue weighted by Crippen LogP contribution is -2.54. The number of H-pyrrole nitrogens is 1. The fraction of sp³-hybridized carbons (Fsp3) is 0.615. The van der Waals surface area contributed by atoms with Gasteiger partial charge in [-0.05, 0) is 57.4 Å². The maximum absolute atomic E-state index is 14.3. The Bertz CT molecular complexity index is 1220. The number of aromatic nitrogens is 3. The molecule has 2 aromatic heterocycles. The van der Waals surface area contributed by atoms with E-state index in [2.05, 4.69) is 20.5 Å². The summed E-state index contributed by atoms with van der Waals surface area (Å²) in [4.78, 5) is 32.0. The summed E-state index contributed by atoms with van der Waals surface area (Å²) in [5, 5.41) is 20.0. The topological polar surface area (TPSA) is 120 Å². The zero-order valence-corrected chi connectivity index (χ0v) is 21.4. The molecule has 0 radical (unpaired) electrons. The highest BCUT2D eigenvalue weighted by Gasteiger charge is 2.55. The number of aromatic amines is 1. The van der Waals surface area contributed by atoms with Crippen LogP contribution in [0.15, 0.2) is 18.3 Å². The van der Waals surface area contributed by atoms with E-state index >= 15 is 0 Å². The third-order valence-corrected chi connectivity index (χ3v) is 8.44. The molecule has 2 aliphatic carbocycles. The molecule has 5 rings (SSSR count). The standard InChI is InChI=1S/C26H32F3N5O4/c1-24(28,29)26(37)6-3-16(4-7-26)31-22(35)15-5-10-34(25(13-15)8-9-25)23(36)20-12-19(32-33-20)17-11-21(38-2)30-14-18(17)27/h11-12,14-16,37H,3-10,13H2,1-2H3,(H,31,35)(H,32,33)/t15-,16?,26?/m0/s1. The number of pyridine rings is 1. The molecule has 0 aromatic carbocycles. The predicted molar refractivity (Wildman–Crippen MR) is 130 cm³/mol. The summed E-state index contributed by atoms with van der Waals surface area (Å²) in [5.74, 6) is -4.23. The summed E-state index contributed by atoms with van der Waals surface area (Å²) in [6.07, 6.45) is 4.03. The van der Waals surface area contributed by atoms with Gasteiger partial charge >= 0.3 is 0 Å². The lowest BCUT2D eigenvalue weighted by molar-refractivity contribution is -0.186. The number of ether oxygens (including phenoxy) is 1. The molecule has 12 heteroatoms. The van der Waals surface area contributed by atoms with Crippen LogP contribution in [0, 0.1) is 11.7 Å². The van der Waals surface area contributed by atoms with Crippen LogP contribution in [0.5, 0.6) is 5.88 Å². The number of halogens is 3. The fourth-order valence-corrected chi connectivity index (χ4v) is 5.79. The van der Waals surface area contributed by atoms with E-state index in [4.69, 9.17) is 4.74 Å². The van der Waals surface area contributed by atoms with Crippen LogP contribution in [0.1, 0.15) is 68.8 Å². The molecule has 3 N–H and O–H groups in total. The summed E-state index contributed by atoms with van der Waals surface area (Å²) < 4.78 is 46.8. The molecule has 1 saturated heterocycles. The maximum atomic E-state index is 14.3. The number of rotatable bonds is 6. The van der Waals surface area contributed by atoms with Crippen molar-refractivity contribution in [3.8, 4) is 17.1 Å². The number of nitrogens with zero attached hydrogens (tertiary/aromatic N) is 3. The minimum absolute atomic E-state index is 0.0688. The second kappa shape index (κ2) is 9.55. The number of piperidine rings is 1. The highest BCUT2D eigenvalue weighted by molar-refractivity contribution is 5.94. The minimum Gasteiger partial charge on any atom is -0.481 e. The Morgan fingerprint density at radius 1 is 1.21 bits per heavy atom. The van der Waals surface area contributed by atoms with Crippen molar-refractivity contribution in [2.75, 3.05) is 13.7 Å². The highest BCUT2D eigenvalue weighted by Crippen LogP contribution is 2.50. The van der Waals surface area contributed by atoms with Crippen molar-refractivity contribution in [1.82, 2.24) is 25.4 Å². The second-order valence-corrected chi connectivity index (χ2v) is 10.9. The van der Waals surface area contributed by atoms with Crippen molar-refractivity contribution in [2.24, 2.45) is 5.92 Å². The third kappa shape index (κ3) is 4.85. The van der Waals surface area contributed by atoms with Gasteiger partial charge in [0.2, 0.25) is 11.8 Å². The van der Waals surface area contributed by atoms with Crippen LogP contribution < -0.4 is 10.1 Å². The molecule has 206 valence electrons. The van der Waals surface area contributed by atoms with Crippen LogP contribution in [0.4, 0.5) is 13.2 Å². The third-order valence-electron chi connectivity index (χ3n) is 8.44. The zero-order valence-electron chi connectivity index (χ0n) is 21.4. The van der Waals surface area contributed by atoms with Crippen molar-refractivity contribution in [3.63, 3.8) is 0 Å². The quantitative estimate of drug-likeness (QED) is 0.521. The first-order valence-electron chi connectivity index (χ1n) is 12.9. The minimum atomic E-state index is -3.19. The average Bonchev–Trinajstić information content (AvgIpc) is 3.46. The zero-order chi connectivity index (χ0) is 27.3. The van der Waals surface area contributed by atoms with Crippen LogP contribution in [-0.4, -0.2) is 73.8 Å². The Labute approximate surface area is 218 Å². The maximum Gasteiger partial charge on any atom is 0.273 e. The number of methoxy groups -OCH3 is 1. The number of aliphatic hydroxyl groups is 1. The van der Waals surface area contributed by atoms with E-state index in [1.54, 1.807) is 4.90 Å². The van der Waals surface area contributed by atoms with E-state index in [0.717, 1.165) is 26.0 Å². The van der Waals surface area contributed by atoms with Gasteiger partial charge in [0.1, 0.15) is 11.3 Å². The Morgan fingerprint density at radius 2 is 1.92 bits per heavy atom. The van der Waals surface area contributed by atoms with E-state index < -0.39 is 22.9 Å². The molecule has 9 nitrogen and oxygen atoms in total. The average molecular weight is 536 g/mol. The smallest absolute Gasteiger partial charge is 0.273 e. The molecule has 1 atom stereocenters. The van der Waals surface area contributed by atoms with Crippen LogP contribution in [-0.2, 0) is 4.79 Å². The monoisotopic (exact) mass is 535 g/mol. The van der Waals surface area contributed by atoms with Gasteiger partial charge in [0.15, 0.2) is 5.82 Å². The molecule has 1 spiro atoms. The van der Waals surface area contributed by atoms with E-state index in [0.29, 0.717) is 32.2 Å². The van der Waals surface area contributed by atoms with Gasteiger partial charge in [0.25, 0.3) is 11.8 Å². The lowest BCUT2D eigenvalue weighted by Gasteiger charge is -2.41. The van der Waals surface area contributed by atoms with Crippen molar-refractivity contribution < 1.29 is 32.6 Å². The molecule has 3 aliphatic rings. The van der Waals surface area contributed by atoms with Gasteiger partial charge in [-0.15, -0.1) is 0 Å². The summed E-state index contributed by atoms with van der Waals surface area (Å²) in [7, 11) is 1.42.